The van der Waals surface area contributed by atoms with Gasteiger partial charge in [-0.15, -0.1) is 0 Å². The highest BCUT2D eigenvalue weighted by Crippen LogP contribution is 2.19. The third-order valence-electron chi connectivity index (χ3n) is 3.65. The largest absolute Gasteiger partial charge is 0.339 e. The van der Waals surface area contributed by atoms with Crippen LogP contribution in [0, 0.1) is 0 Å². The van der Waals surface area contributed by atoms with Crippen molar-refractivity contribution >= 4 is 22.8 Å². The number of likely N-dealkylation sites (tertiary alicyclic amines) is 1. The Morgan fingerprint density at radius 2 is 1.74 bits per heavy atom. The maximum absolute atomic E-state index is 12.0. The molecule has 2 aromatic rings. The van der Waals surface area contributed by atoms with Gasteiger partial charge in [0.1, 0.15) is 0 Å². The zero-order valence-electron chi connectivity index (χ0n) is 10.9. The smallest absolute Gasteiger partial charge is 0.246 e. The molecule has 1 saturated heterocycles. The topological polar surface area (TPSA) is 20.3 Å². The summed E-state index contributed by atoms with van der Waals surface area (Å²) < 4.78 is 0. The van der Waals surface area contributed by atoms with E-state index in [1.54, 1.807) is 6.08 Å². The summed E-state index contributed by atoms with van der Waals surface area (Å²) in [5.41, 5.74) is 1.10. The van der Waals surface area contributed by atoms with Crippen LogP contribution in [-0.4, -0.2) is 23.9 Å². The standard InChI is InChI=1S/C17H17NO/c19-17(18-12-3-4-13-18)11-10-15-8-5-7-14-6-1-2-9-16(14)15/h1-2,5-11H,3-4,12-13H2. The number of rotatable bonds is 2. The molecule has 1 fully saturated rings. The molecule has 1 heterocycles. The molecule has 19 heavy (non-hydrogen) atoms. The van der Waals surface area contributed by atoms with Gasteiger partial charge in [-0.3, -0.25) is 4.79 Å². The van der Waals surface area contributed by atoms with E-state index >= 15 is 0 Å². The van der Waals surface area contributed by atoms with Crippen molar-refractivity contribution in [2.45, 2.75) is 12.8 Å². The number of carbonyl (C=O) groups excluding carboxylic acids is 1. The van der Waals surface area contributed by atoms with Gasteiger partial charge in [0.05, 0.1) is 0 Å². The molecule has 0 spiro atoms. The second-order valence-electron chi connectivity index (χ2n) is 4.93. The Labute approximate surface area is 113 Å². The van der Waals surface area contributed by atoms with Gasteiger partial charge in [0.25, 0.3) is 0 Å². The van der Waals surface area contributed by atoms with Gasteiger partial charge in [-0.05, 0) is 35.3 Å². The maximum atomic E-state index is 12.0. The van der Waals surface area contributed by atoms with E-state index in [4.69, 9.17) is 0 Å². The van der Waals surface area contributed by atoms with Crippen LogP contribution in [0.5, 0.6) is 0 Å². The van der Waals surface area contributed by atoms with Gasteiger partial charge in [0.2, 0.25) is 5.91 Å². The molecule has 1 aliphatic rings. The van der Waals surface area contributed by atoms with Crippen molar-refractivity contribution in [1.82, 2.24) is 4.90 Å². The predicted octanol–water partition coefficient (Wildman–Crippen LogP) is 3.48. The first-order valence-corrected chi connectivity index (χ1v) is 6.79. The van der Waals surface area contributed by atoms with E-state index in [0.29, 0.717) is 0 Å². The molecule has 0 atom stereocenters. The van der Waals surface area contributed by atoms with E-state index < -0.39 is 0 Å². The molecule has 3 rings (SSSR count). The maximum Gasteiger partial charge on any atom is 0.246 e. The highest BCUT2D eigenvalue weighted by Gasteiger charge is 2.14. The van der Waals surface area contributed by atoms with Gasteiger partial charge < -0.3 is 4.90 Å². The first-order chi connectivity index (χ1) is 9.34. The molecule has 2 nitrogen and oxygen atoms in total. The van der Waals surface area contributed by atoms with Crippen LogP contribution >= 0.6 is 0 Å². The van der Waals surface area contributed by atoms with Crippen molar-refractivity contribution in [3.8, 4) is 0 Å². The summed E-state index contributed by atoms with van der Waals surface area (Å²) in [6.07, 6.45) is 5.90. The molecule has 96 valence electrons. The molecule has 1 amide bonds. The predicted molar refractivity (Wildman–Crippen MR) is 78.8 cm³/mol. The Hall–Kier alpha value is -2.09. The first kappa shape index (κ1) is 12.0. The normalized spacial score (nSPS) is 15.5. The van der Waals surface area contributed by atoms with E-state index in [0.717, 1.165) is 31.5 Å². The quantitative estimate of drug-likeness (QED) is 0.748. The fourth-order valence-corrected chi connectivity index (χ4v) is 2.60. The summed E-state index contributed by atoms with van der Waals surface area (Å²) >= 11 is 0. The Morgan fingerprint density at radius 3 is 2.58 bits per heavy atom. The Kier molecular flexibility index (Phi) is 3.32. The molecular weight excluding hydrogens is 234 g/mol. The molecular formula is C17H17NO. The molecule has 0 radical (unpaired) electrons. The van der Waals surface area contributed by atoms with Gasteiger partial charge in [0, 0.05) is 19.2 Å². The van der Waals surface area contributed by atoms with Crippen LogP contribution in [0.1, 0.15) is 18.4 Å². The van der Waals surface area contributed by atoms with E-state index in [9.17, 15) is 4.79 Å². The average molecular weight is 251 g/mol. The third kappa shape index (κ3) is 2.53. The highest BCUT2D eigenvalue weighted by atomic mass is 16.2. The SMILES string of the molecule is O=C(C=Cc1cccc2ccccc12)N1CCCC1. The summed E-state index contributed by atoms with van der Waals surface area (Å²) in [6, 6.07) is 14.4. The van der Waals surface area contributed by atoms with Crippen molar-refractivity contribution in [2.24, 2.45) is 0 Å². The fourth-order valence-electron chi connectivity index (χ4n) is 2.60. The minimum atomic E-state index is 0.130. The van der Waals surface area contributed by atoms with E-state index in [2.05, 4.69) is 24.3 Å². The first-order valence-electron chi connectivity index (χ1n) is 6.79. The summed E-state index contributed by atoms with van der Waals surface area (Å²) in [7, 11) is 0. The number of hydrogen-bond acceptors (Lipinski definition) is 1. The molecule has 0 unspecified atom stereocenters. The van der Waals surface area contributed by atoms with Crippen LogP contribution in [0.25, 0.3) is 16.8 Å². The van der Waals surface area contributed by atoms with Gasteiger partial charge in [0.15, 0.2) is 0 Å². The van der Waals surface area contributed by atoms with Crippen LogP contribution < -0.4 is 0 Å². The number of carbonyl (C=O) groups is 1. The molecule has 0 aliphatic carbocycles. The minimum absolute atomic E-state index is 0.130. The van der Waals surface area contributed by atoms with Crippen LogP contribution in [0.3, 0.4) is 0 Å². The lowest BCUT2D eigenvalue weighted by molar-refractivity contribution is -0.124. The van der Waals surface area contributed by atoms with E-state index in [1.165, 1.54) is 10.8 Å². The van der Waals surface area contributed by atoms with Gasteiger partial charge in [-0.2, -0.15) is 0 Å². The van der Waals surface area contributed by atoms with Crippen LogP contribution in [-0.2, 0) is 4.79 Å². The van der Waals surface area contributed by atoms with Gasteiger partial charge in [-0.25, -0.2) is 0 Å². The van der Waals surface area contributed by atoms with E-state index in [1.807, 2.05) is 29.2 Å². The summed E-state index contributed by atoms with van der Waals surface area (Å²) in [4.78, 5) is 13.9. The average Bonchev–Trinajstić information content (AvgIpc) is 2.99. The van der Waals surface area contributed by atoms with Crippen LogP contribution in [0.15, 0.2) is 48.5 Å². The number of amides is 1. The van der Waals surface area contributed by atoms with Crippen molar-refractivity contribution in [1.29, 1.82) is 0 Å². The van der Waals surface area contributed by atoms with Crippen molar-refractivity contribution < 1.29 is 4.79 Å². The minimum Gasteiger partial charge on any atom is -0.339 e. The van der Waals surface area contributed by atoms with Crippen LogP contribution in [0.2, 0.25) is 0 Å². The molecule has 0 aromatic heterocycles. The molecule has 2 heteroatoms. The molecule has 0 N–H and O–H groups in total. The Morgan fingerprint density at radius 1 is 1.00 bits per heavy atom. The van der Waals surface area contributed by atoms with Gasteiger partial charge in [-0.1, -0.05) is 42.5 Å². The van der Waals surface area contributed by atoms with Crippen molar-refractivity contribution in [3.05, 3.63) is 54.1 Å². The third-order valence-corrected chi connectivity index (χ3v) is 3.65. The lowest BCUT2D eigenvalue weighted by Gasteiger charge is -2.11. The Bertz CT molecular complexity index is 619. The Balaban J connectivity index is 1.86. The second kappa shape index (κ2) is 5.27. The summed E-state index contributed by atoms with van der Waals surface area (Å²) in [5.74, 6) is 0.130. The molecule has 0 bridgehead atoms. The number of hydrogen-bond donors (Lipinski definition) is 0. The highest BCUT2D eigenvalue weighted by molar-refractivity contribution is 5.96. The van der Waals surface area contributed by atoms with Crippen LogP contribution in [0.4, 0.5) is 0 Å². The summed E-state index contributed by atoms with van der Waals surface area (Å²) in [5, 5.41) is 2.40. The summed E-state index contributed by atoms with van der Waals surface area (Å²) in [6.45, 7) is 1.80. The lowest BCUT2D eigenvalue weighted by Crippen LogP contribution is -2.25. The van der Waals surface area contributed by atoms with Gasteiger partial charge >= 0.3 is 0 Å². The fraction of sp³-hybridized carbons (Fsp3) is 0.235. The molecule has 2 aromatic carbocycles. The second-order valence-corrected chi connectivity index (χ2v) is 4.93. The zero-order chi connectivity index (χ0) is 13.1. The van der Waals surface area contributed by atoms with E-state index in [-0.39, 0.29) is 5.91 Å². The molecule has 0 saturated carbocycles. The molecule has 1 aliphatic heterocycles. The number of fused-ring (bicyclic) bond motifs is 1. The van der Waals surface area contributed by atoms with Crippen molar-refractivity contribution in [3.63, 3.8) is 0 Å². The van der Waals surface area contributed by atoms with Crippen molar-refractivity contribution in [2.75, 3.05) is 13.1 Å². The zero-order valence-corrected chi connectivity index (χ0v) is 10.9. The number of benzene rings is 2. The monoisotopic (exact) mass is 251 g/mol. The number of nitrogens with zero attached hydrogens (tertiary/aromatic N) is 1. The lowest BCUT2D eigenvalue weighted by atomic mass is 10.0.